The molecule has 110 valence electrons. The number of aliphatic hydroxyl groups excluding tert-OH is 1. The molecule has 2 N–H and O–H groups in total. The Morgan fingerprint density at radius 2 is 2.29 bits per heavy atom. The zero-order chi connectivity index (χ0) is 14.8. The number of thiophene rings is 1. The van der Waals surface area contributed by atoms with Crippen LogP contribution >= 0.6 is 11.3 Å². The van der Waals surface area contributed by atoms with E-state index in [-0.39, 0.29) is 0 Å². The molecule has 0 aliphatic rings. The van der Waals surface area contributed by atoms with Crippen LogP contribution in [-0.2, 0) is 6.54 Å². The zero-order valence-electron chi connectivity index (χ0n) is 12.1. The summed E-state index contributed by atoms with van der Waals surface area (Å²) >= 11 is 1.59. The Morgan fingerprint density at radius 3 is 3.05 bits per heavy atom. The summed E-state index contributed by atoms with van der Waals surface area (Å²) in [4.78, 5) is 8.76. The van der Waals surface area contributed by atoms with Crippen LogP contribution in [-0.4, -0.2) is 26.0 Å². The summed E-state index contributed by atoms with van der Waals surface area (Å²) in [6, 6.07) is 3.99. The third kappa shape index (κ3) is 2.97. The molecule has 0 aromatic carbocycles. The fourth-order valence-corrected chi connectivity index (χ4v) is 3.15. The molecule has 3 aromatic heterocycles. The minimum atomic E-state index is -0.475. The van der Waals surface area contributed by atoms with Gasteiger partial charge in [-0.1, -0.05) is 0 Å². The fourth-order valence-electron chi connectivity index (χ4n) is 2.44. The summed E-state index contributed by atoms with van der Waals surface area (Å²) < 4.78 is 2.04. The molecule has 0 radical (unpaired) electrons. The van der Waals surface area contributed by atoms with Crippen molar-refractivity contribution in [1.29, 1.82) is 0 Å². The highest BCUT2D eigenvalue weighted by Gasteiger charge is 2.10. The summed E-state index contributed by atoms with van der Waals surface area (Å²) in [6.07, 6.45) is 1.36. The van der Waals surface area contributed by atoms with E-state index in [4.69, 9.17) is 0 Å². The van der Waals surface area contributed by atoms with Crippen molar-refractivity contribution >= 4 is 17.1 Å². The van der Waals surface area contributed by atoms with Crippen LogP contribution in [0.3, 0.4) is 0 Å². The maximum absolute atomic E-state index is 10.1. The van der Waals surface area contributed by atoms with E-state index in [2.05, 4.69) is 15.3 Å². The highest BCUT2D eigenvalue weighted by Crippen LogP contribution is 2.15. The van der Waals surface area contributed by atoms with Gasteiger partial charge in [-0.3, -0.25) is 4.40 Å². The Morgan fingerprint density at radius 1 is 1.43 bits per heavy atom. The summed E-state index contributed by atoms with van der Waals surface area (Å²) in [7, 11) is 0. The molecule has 0 saturated heterocycles. The molecule has 1 atom stereocenters. The smallest absolute Gasteiger partial charge is 0.234 e. The third-order valence-electron chi connectivity index (χ3n) is 3.43. The molecular formula is C15H18N4OS. The van der Waals surface area contributed by atoms with Crippen molar-refractivity contribution in [2.45, 2.75) is 26.5 Å². The molecule has 21 heavy (non-hydrogen) atoms. The van der Waals surface area contributed by atoms with Gasteiger partial charge in [0.2, 0.25) is 5.78 Å². The van der Waals surface area contributed by atoms with Gasteiger partial charge in [0, 0.05) is 24.5 Å². The van der Waals surface area contributed by atoms with Gasteiger partial charge in [0.05, 0.1) is 18.0 Å². The van der Waals surface area contributed by atoms with Crippen molar-refractivity contribution in [1.82, 2.24) is 19.7 Å². The summed E-state index contributed by atoms with van der Waals surface area (Å²) in [5, 5.41) is 17.3. The number of hydrogen-bond acceptors (Lipinski definition) is 5. The number of fused-ring (bicyclic) bond motifs is 1. The van der Waals surface area contributed by atoms with Gasteiger partial charge in [-0.15, -0.1) is 0 Å². The van der Waals surface area contributed by atoms with Crippen LogP contribution in [0.25, 0.3) is 5.78 Å². The highest BCUT2D eigenvalue weighted by molar-refractivity contribution is 7.07. The van der Waals surface area contributed by atoms with E-state index in [1.807, 2.05) is 47.3 Å². The summed E-state index contributed by atoms with van der Waals surface area (Å²) in [5.41, 5.74) is 4.09. The van der Waals surface area contributed by atoms with E-state index >= 15 is 0 Å². The molecule has 3 heterocycles. The topological polar surface area (TPSA) is 62.5 Å². The van der Waals surface area contributed by atoms with Gasteiger partial charge in [-0.25, -0.2) is 9.97 Å². The van der Waals surface area contributed by atoms with E-state index in [0.717, 1.165) is 28.4 Å². The largest absolute Gasteiger partial charge is 0.387 e. The number of nitrogens with zero attached hydrogens (tertiary/aromatic N) is 3. The van der Waals surface area contributed by atoms with Gasteiger partial charge in [-0.05, 0) is 42.3 Å². The monoisotopic (exact) mass is 302 g/mol. The molecule has 3 rings (SSSR count). The Bertz CT molecular complexity index is 736. The Balaban J connectivity index is 1.68. The normalized spacial score (nSPS) is 12.9. The average Bonchev–Trinajstić information content (AvgIpc) is 3.07. The van der Waals surface area contributed by atoms with Crippen molar-refractivity contribution in [2.24, 2.45) is 0 Å². The lowest BCUT2D eigenvalue weighted by atomic mass is 10.2. The number of nitrogens with one attached hydrogen (secondary N) is 1. The van der Waals surface area contributed by atoms with Gasteiger partial charge in [-0.2, -0.15) is 11.3 Å². The van der Waals surface area contributed by atoms with Crippen molar-refractivity contribution in [2.75, 3.05) is 6.54 Å². The first kappa shape index (κ1) is 14.2. The first-order valence-electron chi connectivity index (χ1n) is 6.86. The van der Waals surface area contributed by atoms with Crippen LogP contribution in [0, 0.1) is 13.8 Å². The minimum Gasteiger partial charge on any atom is -0.387 e. The average molecular weight is 302 g/mol. The van der Waals surface area contributed by atoms with Gasteiger partial charge in [0.1, 0.15) is 0 Å². The van der Waals surface area contributed by atoms with Crippen LogP contribution in [0.5, 0.6) is 0 Å². The fraction of sp³-hybridized carbons (Fsp3) is 0.333. The molecule has 1 unspecified atom stereocenters. The molecule has 3 aromatic rings. The van der Waals surface area contributed by atoms with Gasteiger partial charge in [0.15, 0.2) is 0 Å². The van der Waals surface area contributed by atoms with Crippen molar-refractivity contribution < 1.29 is 5.11 Å². The highest BCUT2D eigenvalue weighted by atomic mass is 32.1. The molecule has 0 aliphatic heterocycles. The van der Waals surface area contributed by atoms with Crippen LogP contribution < -0.4 is 5.32 Å². The Labute approximate surface area is 127 Å². The van der Waals surface area contributed by atoms with E-state index in [0.29, 0.717) is 13.1 Å². The number of aryl methyl sites for hydroxylation is 2. The zero-order valence-corrected chi connectivity index (χ0v) is 12.9. The second-order valence-corrected chi connectivity index (χ2v) is 5.91. The second-order valence-electron chi connectivity index (χ2n) is 5.13. The molecule has 5 nitrogen and oxygen atoms in total. The van der Waals surface area contributed by atoms with Crippen LogP contribution in [0.15, 0.2) is 29.1 Å². The van der Waals surface area contributed by atoms with Crippen molar-refractivity contribution in [3.8, 4) is 0 Å². The van der Waals surface area contributed by atoms with Gasteiger partial charge in [0.25, 0.3) is 0 Å². The molecule has 0 saturated carbocycles. The quantitative estimate of drug-likeness (QED) is 0.759. The predicted octanol–water partition coefficient (Wildman–Crippen LogP) is 2.23. The first-order valence-corrected chi connectivity index (χ1v) is 7.81. The van der Waals surface area contributed by atoms with E-state index in [1.165, 1.54) is 0 Å². The number of rotatable bonds is 5. The van der Waals surface area contributed by atoms with Crippen LogP contribution in [0.1, 0.15) is 28.7 Å². The summed E-state index contributed by atoms with van der Waals surface area (Å²) in [6.45, 7) is 5.18. The van der Waals surface area contributed by atoms with Gasteiger partial charge < -0.3 is 10.4 Å². The number of hydrogen-bond donors (Lipinski definition) is 2. The van der Waals surface area contributed by atoms with Crippen LogP contribution in [0.2, 0.25) is 0 Å². The van der Waals surface area contributed by atoms with E-state index < -0.39 is 6.10 Å². The third-order valence-corrected chi connectivity index (χ3v) is 4.14. The molecule has 0 spiro atoms. The predicted molar refractivity (Wildman–Crippen MR) is 83.4 cm³/mol. The standard InChI is InChI=1S/C15H18N4OS/c1-10-5-11(2)19-13(7-17-15(19)18-10)6-16-8-14(20)12-3-4-21-9-12/h3-5,7,9,14,16,20H,6,8H2,1-2H3. The first-order chi connectivity index (χ1) is 10.1. The molecular weight excluding hydrogens is 284 g/mol. The molecule has 0 amide bonds. The Kier molecular flexibility index (Phi) is 4.01. The number of aliphatic hydroxyl groups is 1. The molecule has 0 fully saturated rings. The minimum absolute atomic E-state index is 0.475. The SMILES string of the molecule is Cc1cc(C)n2c(CNCC(O)c3ccsc3)cnc2n1. The Hall–Kier alpha value is -1.76. The molecule has 0 bridgehead atoms. The van der Waals surface area contributed by atoms with E-state index in [9.17, 15) is 5.11 Å². The maximum Gasteiger partial charge on any atom is 0.234 e. The van der Waals surface area contributed by atoms with Crippen molar-refractivity contribution in [3.05, 3.63) is 51.7 Å². The van der Waals surface area contributed by atoms with Crippen molar-refractivity contribution in [3.63, 3.8) is 0 Å². The maximum atomic E-state index is 10.1. The lowest BCUT2D eigenvalue weighted by Gasteiger charge is -2.11. The molecule has 6 heteroatoms. The second kappa shape index (κ2) is 5.93. The lowest BCUT2D eigenvalue weighted by Crippen LogP contribution is -2.21. The summed E-state index contributed by atoms with van der Waals surface area (Å²) in [5.74, 6) is 0.725. The van der Waals surface area contributed by atoms with E-state index in [1.54, 1.807) is 11.3 Å². The molecule has 0 aliphatic carbocycles. The number of imidazole rings is 1. The van der Waals surface area contributed by atoms with Crippen LogP contribution in [0.4, 0.5) is 0 Å². The number of aromatic nitrogens is 3. The lowest BCUT2D eigenvalue weighted by molar-refractivity contribution is 0.174. The van der Waals surface area contributed by atoms with Gasteiger partial charge >= 0.3 is 0 Å².